The molecular weight excluding hydrogens is 222 g/mol. The third kappa shape index (κ3) is 3.12. The summed E-state index contributed by atoms with van der Waals surface area (Å²) in [4.78, 5) is 2.28. The number of hydrogen-bond acceptors (Lipinski definition) is 2. The molecule has 2 nitrogen and oxygen atoms in total. The van der Waals surface area contributed by atoms with Gasteiger partial charge in [0.2, 0.25) is 0 Å². The smallest absolute Gasteiger partial charge is 0.107 e. The van der Waals surface area contributed by atoms with Crippen molar-refractivity contribution in [1.29, 1.82) is 0 Å². The maximum Gasteiger partial charge on any atom is 0.107 e. The van der Waals surface area contributed by atoms with Gasteiger partial charge in [-0.05, 0) is 24.1 Å². The molecule has 102 valence electrons. The zero-order valence-corrected chi connectivity index (χ0v) is 12.4. The highest BCUT2D eigenvalue weighted by Gasteiger charge is 2.42. The van der Waals surface area contributed by atoms with Crippen LogP contribution in [0.3, 0.4) is 0 Å². The highest BCUT2D eigenvalue weighted by atomic mass is 16.3. The maximum atomic E-state index is 11.2. The summed E-state index contributed by atoms with van der Waals surface area (Å²) in [5, 5.41) is 11.2. The van der Waals surface area contributed by atoms with Gasteiger partial charge in [-0.3, -0.25) is 0 Å². The van der Waals surface area contributed by atoms with E-state index in [1.54, 1.807) is 0 Å². The number of hydrogen-bond donors (Lipinski definition) is 1. The Labute approximate surface area is 112 Å². The summed E-state index contributed by atoms with van der Waals surface area (Å²) >= 11 is 0. The molecule has 0 aliphatic heterocycles. The molecule has 18 heavy (non-hydrogen) atoms. The van der Waals surface area contributed by atoms with Crippen LogP contribution in [0.15, 0.2) is 30.3 Å². The van der Waals surface area contributed by atoms with Gasteiger partial charge in [0, 0.05) is 6.54 Å². The number of rotatable bonds is 5. The molecule has 0 aliphatic carbocycles. The van der Waals surface area contributed by atoms with E-state index < -0.39 is 5.60 Å². The minimum Gasteiger partial charge on any atom is -0.383 e. The first kappa shape index (κ1) is 15.2. The predicted molar refractivity (Wildman–Crippen MR) is 77.6 cm³/mol. The Kier molecular flexibility index (Phi) is 4.94. The summed E-state index contributed by atoms with van der Waals surface area (Å²) in [6, 6.07) is 10.0. The highest BCUT2D eigenvalue weighted by Crippen LogP contribution is 2.39. The largest absolute Gasteiger partial charge is 0.383 e. The summed E-state index contributed by atoms with van der Waals surface area (Å²) < 4.78 is 0. The van der Waals surface area contributed by atoms with E-state index in [4.69, 9.17) is 0 Å². The molecule has 0 aromatic heterocycles. The molecule has 0 saturated heterocycles. The van der Waals surface area contributed by atoms with Gasteiger partial charge in [-0.15, -0.1) is 0 Å². The third-order valence-corrected chi connectivity index (χ3v) is 3.84. The molecule has 0 bridgehead atoms. The van der Waals surface area contributed by atoms with E-state index in [1.165, 1.54) is 0 Å². The molecule has 1 aromatic rings. The quantitative estimate of drug-likeness (QED) is 0.866. The molecule has 2 heteroatoms. The van der Waals surface area contributed by atoms with Crippen LogP contribution in [-0.2, 0) is 5.60 Å². The second-order valence-corrected chi connectivity index (χ2v) is 5.94. The Balaban J connectivity index is 3.12. The van der Waals surface area contributed by atoms with Crippen LogP contribution >= 0.6 is 0 Å². The Morgan fingerprint density at radius 1 is 1.00 bits per heavy atom. The van der Waals surface area contributed by atoms with Crippen LogP contribution in [0.4, 0.5) is 0 Å². The number of benzene rings is 1. The summed E-state index contributed by atoms with van der Waals surface area (Å²) in [6.45, 7) is 13.2. The van der Waals surface area contributed by atoms with Crippen molar-refractivity contribution in [2.45, 2.75) is 40.2 Å². The van der Waals surface area contributed by atoms with Crippen molar-refractivity contribution in [3.05, 3.63) is 35.9 Å². The lowest BCUT2D eigenvalue weighted by Crippen LogP contribution is -2.49. The minimum absolute atomic E-state index is 0.197. The zero-order chi connectivity index (χ0) is 13.8. The van der Waals surface area contributed by atoms with Gasteiger partial charge in [0.1, 0.15) is 5.60 Å². The summed E-state index contributed by atoms with van der Waals surface area (Å²) in [7, 11) is 0. The van der Waals surface area contributed by atoms with Crippen molar-refractivity contribution < 1.29 is 5.11 Å². The van der Waals surface area contributed by atoms with Gasteiger partial charge in [-0.25, -0.2) is 0 Å². The van der Waals surface area contributed by atoms with Gasteiger partial charge in [-0.1, -0.05) is 65.0 Å². The topological polar surface area (TPSA) is 23.5 Å². The zero-order valence-electron chi connectivity index (χ0n) is 12.4. The fourth-order valence-electron chi connectivity index (χ4n) is 2.25. The van der Waals surface area contributed by atoms with E-state index in [0.717, 1.165) is 18.7 Å². The van der Waals surface area contributed by atoms with Crippen molar-refractivity contribution in [2.24, 2.45) is 5.41 Å². The Hall–Kier alpha value is -0.860. The first-order valence-electron chi connectivity index (χ1n) is 6.85. The van der Waals surface area contributed by atoms with Crippen LogP contribution in [0.25, 0.3) is 0 Å². The minimum atomic E-state index is -0.819. The Bertz CT molecular complexity index is 351. The SMILES string of the molecule is CCN(CC)CC(O)(c1ccccc1)C(C)(C)C. The van der Waals surface area contributed by atoms with Crippen molar-refractivity contribution in [1.82, 2.24) is 4.90 Å². The molecule has 1 aromatic carbocycles. The lowest BCUT2D eigenvalue weighted by atomic mass is 9.72. The van der Waals surface area contributed by atoms with Gasteiger partial charge >= 0.3 is 0 Å². The van der Waals surface area contributed by atoms with Crippen LogP contribution in [0.1, 0.15) is 40.2 Å². The lowest BCUT2D eigenvalue weighted by Gasteiger charge is -2.43. The van der Waals surface area contributed by atoms with E-state index in [0.29, 0.717) is 6.54 Å². The molecule has 0 amide bonds. The van der Waals surface area contributed by atoms with E-state index in [-0.39, 0.29) is 5.41 Å². The van der Waals surface area contributed by atoms with Crippen molar-refractivity contribution in [3.8, 4) is 0 Å². The van der Waals surface area contributed by atoms with Crippen LogP contribution in [0.5, 0.6) is 0 Å². The van der Waals surface area contributed by atoms with Crippen LogP contribution < -0.4 is 0 Å². The maximum absolute atomic E-state index is 11.2. The van der Waals surface area contributed by atoms with Crippen molar-refractivity contribution in [2.75, 3.05) is 19.6 Å². The molecule has 1 atom stereocenters. The Morgan fingerprint density at radius 2 is 1.50 bits per heavy atom. The fourth-order valence-corrected chi connectivity index (χ4v) is 2.25. The van der Waals surface area contributed by atoms with E-state index in [2.05, 4.69) is 39.5 Å². The first-order chi connectivity index (χ1) is 8.35. The predicted octanol–water partition coefficient (Wildman–Crippen LogP) is 3.26. The molecular formula is C16H27NO. The normalized spacial score (nSPS) is 15.7. The molecule has 0 saturated carbocycles. The van der Waals surface area contributed by atoms with E-state index >= 15 is 0 Å². The average molecular weight is 249 g/mol. The first-order valence-corrected chi connectivity index (χ1v) is 6.85. The van der Waals surface area contributed by atoms with Crippen LogP contribution in [0.2, 0.25) is 0 Å². The molecule has 1 rings (SSSR count). The van der Waals surface area contributed by atoms with E-state index in [9.17, 15) is 5.11 Å². The van der Waals surface area contributed by atoms with Crippen LogP contribution in [0, 0.1) is 5.41 Å². The van der Waals surface area contributed by atoms with Gasteiger partial charge in [0.15, 0.2) is 0 Å². The molecule has 1 N–H and O–H groups in total. The number of likely N-dealkylation sites (N-methyl/N-ethyl adjacent to an activating group) is 1. The lowest BCUT2D eigenvalue weighted by molar-refractivity contribution is -0.0856. The monoisotopic (exact) mass is 249 g/mol. The van der Waals surface area contributed by atoms with Gasteiger partial charge < -0.3 is 10.0 Å². The van der Waals surface area contributed by atoms with Crippen molar-refractivity contribution >= 4 is 0 Å². The highest BCUT2D eigenvalue weighted by molar-refractivity contribution is 5.25. The molecule has 0 fully saturated rings. The number of nitrogens with zero attached hydrogens (tertiary/aromatic N) is 1. The molecule has 0 aliphatic rings. The summed E-state index contributed by atoms with van der Waals surface area (Å²) in [5.74, 6) is 0. The third-order valence-electron chi connectivity index (χ3n) is 3.84. The fraction of sp³-hybridized carbons (Fsp3) is 0.625. The summed E-state index contributed by atoms with van der Waals surface area (Å²) in [5.41, 5.74) is -0.0126. The molecule has 0 heterocycles. The van der Waals surface area contributed by atoms with Crippen LogP contribution in [-0.4, -0.2) is 29.6 Å². The molecule has 0 radical (unpaired) electrons. The van der Waals surface area contributed by atoms with Gasteiger partial charge in [-0.2, -0.15) is 0 Å². The standard InChI is InChI=1S/C16H27NO/c1-6-17(7-2)13-16(18,15(3,4)5)14-11-9-8-10-12-14/h8-12,18H,6-7,13H2,1-5H3. The van der Waals surface area contributed by atoms with E-state index in [1.807, 2.05) is 30.3 Å². The average Bonchev–Trinajstić information content (AvgIpc) is 2.35. The number of aliphatic hydroxyl groups is 1. The summed E-state index contributed by atoms with van der Waals surface area (Å²) in [6.07, 6.45) is 0. The van der Waals surface area contributed by atoms with Crippen molar-refractivity contribution in [3.63, 3.8) is 0 Å². The van der Waals surface area contributed by atoms with Gasteiger partial charge in [0.05, 0.1) is 0 Å². The Morgan fingerprint density at radius 3 is 1.89 bits per heavy atom. The molecule has 0 spiro atoms. The second-order valence-electron chi connectivity index (χ2n) is 5.94. The van der Waals surface area contributed by atoms with Gasteiger partial charge in [0.25, 0.3) is 0 Å². The second kappa shape index (κ2) is 5.85. The molecule has 1 unspecified atom stereocenters.